The third-order valence-electron chi connectivity index (χ3n) is 3.71. The average molecular weight is 381 g/mol. The first-order valence-electron chi connectivity index (χ1n) is 8.49. The predicted molar refractivity (Wildman–Crippen MR) is 106 cm³/mol. The van der Waals surface area contributed by atoms with Gasteiger partial charge in [-0.3, -0.25) is 9.59 Å². The molecule has 1 aromatic heterocycles. The molecule has 0 saturated carbocycles. The summed E-state index contributed by atoms with van der Waals surface area (Å²) in [7, 11) is 0. The molecule has 1 amide bonds. The molecule has 0 saturated heterocycles. The SMILES string of the molecule is CCOc1ccc(C(=O)CSc2ccc(NC(=O)c3ccco3)cc2)cc1. The Hall–Kier alpha value is -2.99. The Kier molecular flexibility index (Phi) is 6.33. The van der Waals surface area contributed by atoms with E-state index in [-0.39, 0.29) is 17.5 Å². The number of hydrogen-bond donors (Lipinski definition) is 1. The molecule has 1 heterocycles. The van der Waals surface area contributed by atoms with Crippen LogP contribution >= 0.6 is 11.8 Å². The van der Waals surface area contributed by atoms with Crippen molar-refractivity contribution >= 4 is 29.1 Å². The number of thioether (sulfide) groups is 1. The fraction of sp³-hybridized carbons (Fsp3) is 0.143. The van der Waals surface area contributed by atoms with Crippen LogP contribution < -0.4 is 10.1 Å². The van der Waals surface area contributed by atoms with Crippen molar-refractivity contribution in [2.24, 2.45) is 0 Å². The van der Waals surface area contributed by atoms with Gasteiger partial charge in [0.2, 0.25) is 0 Å². The van der Waals surface area contributed by atoms with Gasteiger partial charge in [0.15, 0.2) is 11.5 Å². The van der Waals surface area contributed by atoms with Crippen molar-refractivity contribution in [3.63, 3.8) is 0 Å². The van der Waals surface area contributed by atoms with Gasteiger partial charge in [-0.2, -0.15) is 0 Å². The Balaban J connectivity index is 1.52. The first kappa shape index (κ1) is 18.8. The highest BCUT2D eigenvalue weighted by molar-refractivity contribution is 8.00. The molecular formula is C21H19NO4S. The van der Waals surface area contributed by atoms with Crippen molar-refractivity contribution in [3.05, 3.63) is 78.3 Å². The van der Waals surface area contributed by atoms with E-state index in [4.69, 9.17) is 9.15 Å². The van der Waals surface area contributed by atoms with Gasteiger partial charge in [-0.05, 0) is 67.6 Å². The van der Waals surface area contributed by atoms with Gasteiger partial charge in [0.25, 0.3) is 5.91 Å². The number of rotatable bonds is 8. The number of benzene rings is 2. The average Bonchev–Trinajstić information content (AvgIpc) is 3.23. The zero-order valence-corrected chi connectivity index (χ0v) is 15.6. The zero-order valence-electron chi connectivity index (χ0n) is 14.8. The number of furan rings is 1. The molecule has 0 unspecified atom stereocenters. The van der Waals surface area contributed by atoms with E-state index < -0.39 is 0 Å². The third-order valence-corrected chi connectivity index (χ3v) is 4.73. The highest BCUT2D eigenvalue weighted by Crippen LogP contribution is 2.22. The van der Waals surface area contributed by atoms with Crippen LogP contribution in [0.4, 0.5) is 5.69 Å². The van der Waals surface area contributed by atoms with Crippen LogP contribution in [0.2, 0.25) is 0 Å². The van der Waals surface area contributed by atoms with Gasteiger partial charge < -0.3 is 14.5 Å². The molecule has 0 radical (unpaired) electrons. The molecule has 0 atom stereocenters. The smallest absolute Gasteiger partial charge is 0.291 e. The number of ketones is 1. The van der Waals surface area contributed by atoms with Gasteiger partial charge >= 0.3 is 0 Å². The summed E-state index contributed by atoms with van der Waals surface area (Å²) in [5.41, 5.74) is 1.33. The van der Waals surface area contributed by atoms with Crippen molar-refractivity contribution < 1.29 is 18.7 Å². The largest absolute Gasteiger partial charge is 0.494 e. The summed E-state index contributed by atoms with van der Waals surface area (Å²) in [6, 6.07) is 17.8. The number of nitrogens with one attached hydrogen (secondary N) is 1. The van der Waals surface area contributed by atoms with Crippen molar-refractivity contribution in [2.75, 3.05) is 17.7 Å². The summed E-state index contributed by atoms with van der Waals surface area (Å²) < 4.78 is 10.4. The molecule has 0 aliphatic rings. The topological polar surface area (TPSA) is 68.5 Å². The quantitative estimate of drug-likeness (QED) is 0.444. The number of anilines is 1. The number of carbonyl (C=O) groups is 2. The van der Waals surface area contributed by atoms with Crippen LogP contribution in [0.5, 0.6) is 5.75 Å². The normalized spacial score (nSPS) is 10.4. The van der Waals surface area contributed by atoms with E-state index in [1.165, 1.54) is 18.0 Å². The Morgan fingerprint density at radius 2 is 1.78 bits per heavy atom. The molecule has 3 aromatic rings. The highest BCUT2D eigenvalue weighted by Gasteiger charge is 2.10. The van der Waals surface area contributed by atoms with Crippen LogP contribution in [0, 0.1) is 0 Å². The Labute approximate surface area is 161 Å². The maximum absolute atomic E-state index is 12.3. The molecule has 3 rings (SSSR count). The van der Waals surface area contributed by atoms with E-state index in [1.54, 1.807) is 48.5 Å². The van der Waals surface area contributed by atoms with Crippen LogP contribution in [0.15, 0.2) is 76.2 Å². The number of Topliss-reactive ketones (excluding diaryl/α,β-unsaturated/α-hetero) is 1. The van der Waals surface area contributed by atoms with E-state index in [2.05, 4.69) is 5.32 Å². The molecule has 2 aromatic carbocycles. The minimum Gasteiger partial charge on any atom is -0.494 e. The fourth-order valence-corrected chi connectivity index (χ4v) is 3.16. The van der Waals surface area contributed by atoms with Gasteiger partial charge in [-0.1, -0.05) is 0 Å². The third kappa shape index (κ3) is 5.24. The predicted octanol–water partition coefficient (Wildman–Crippen LogP) is 4.91. The van der Waals surface area contributed by atoms with Crippen LogP contribution in [0.3, 0.4) is 0 Å². The number of hydrogen-bond acceptors (Lipinski definition) is 5. The van der Waals surface area contributed by atoms with Crippen molar-refractivity contribution in [1.82, 2.24) is 0 Å². The van der Waals surface area contributed by atoms with Crippen LogP contribution in [-0.2, 0) is 0 Å². The molecule has 0 spiro atoms. The highest BCUT2D eigenvalue weighted by atomic mass is 32.2. The maximum Gasteiger partial charge on any atom is 0.291 e. The number of ether oxygens (including phenoxy) is 1. The standard InChI is InChI=1S/C21H19NO4S/c1-2-25-17-9-5-15(6-10-17)19(23)14-27-18-11-7-16(8-12-18)22-21(24)20-4-3-13-26-20/h3-13H,2,14H2,1H3,(H,22,24). The lowest BCUT2D eigenvalue weighted by Crippen LogP contribution is -2.10. The second-order valence-electron chi connectivity index (χ2n) is 5.63. The van der Waals surface area contributed by atoms with E-state index in [0.717, 1.165) is 10.6 Å². The Bertz CT molecular complexity index is 887. The number of carbonyl (C=O) groups excluding carboxylic acids is 2. The molecule has 0 bridgehead atoms. The summed E-state index contributed by atoms with van der Waals surface area (Å²) >= 11 is 1.45. The molecule has 27 heavy (non-hydrogen) atoms. The molecule has 6 heteroatoms. The van der Waals surface area contributed by atoms with E-state index in [9.17, 15) is 9.59 Å². The number of amides is 1. The molecule has 138 valence electrons. The van der Waals surface area contributed by atoms with Crippen LogP contribution in [-0.4, -0.2) is 24.1 Å². The molecule has 1 N–H and O–H groups in total. The lowest BCUT2D eigenvalue weighted by molar-refractivity contribution is 0.0994. The maximum atomic E-state index is 12.3. The Morgan fingerprint density at radius 1 is 1.04 bits per heavy atom. The van der Waals surface area contributed by atoms with Gasteiger partial charge in [-0.25, -0.2) is 0 Å². The minimum atomic E-state index is -0.300. The van der Waals surface area contributed by atoms with E-state index >= 15 is 0 Å². The first-order chi connectivity index (χ1) is 13.2. The van der Waals surface area contributed by atoms with E-state index in [1.807, 2.05) is 19.1 Å². The van der Waals surface area contributed by atoms with Gasteiger partial charge in [0, 0.05) is 16.1 Å². The molecule has 0 fully saturated rings. The van der Waals surface area contributed by atoms with E-state index in [0.29, 0.717) is 23.6 Å². The molecule has 0 aliphatic carbocycles. The first-order valence-corrected chi connectivity index (χ1v) is 9.48. The van der Waals surface area contributed by atoms with Crippen molar-refractivity contribution in [3.8, 4) is 5.75 Å². The zero-order chi connectivity index (χ0) is 19.1. The summed E-state index contributed by atoms with van der Waals surface area (Å²) in [6.07, 6.45) is 1.45. The molecule has 5 nitrogen and oxygen atoms in total. The summed E-state index contributed by atoms with van der Waals surface area (Å²) in [6.45, 7) is 2.52. The minimum absolute atomic E-state index is 0.0539. The van der Waals surface area contributed by atoms with Gasteiger partial charge in [0.1, 0.15) is 5.75 Å². The monoisotopic (exact) mass is 381 g/mol. The summed E-state index contributed by atoms with van der Waals surface area (Å²) in [5, 5.41) is 2.76. The van der Waals surface area contributed by atoms with Crippen molar-refractivity contribution in [2.45, 2.75) is 11.8 Å². The second-order valence-corrected chi connectivity index (χ2v) is 6.67. The van der Waals surface area contributed by atoms with Crippen LogP contribution in [0.1, 0.15) is 27.8 Å². The summed E-state index contributed by atoms with van der Waals surface area (Å²) in [4.78, 5) is 25.2. The lowest BCUT2D eigenvalue weighted by Gasteiger charge is -2.06. The fourth-order valence-electron chi connectivity index (χ4n) is 2.37. The lowest BCUT2D eigenvalue weighted by atomic mass is 10.1. The Morgan fingerprint density at radius 3 is 2.41 bits per heavy atom. The van der Waals surface area contributed by atoms with Gasteiger partial charge in [0.05, 0.1) is 18.6 Å². The van der Waals surface area contributed by atoms with Crippen LogP contribution in [0.25, 0.3) is 0 Å². The molecule has 0 aliphatic heterocycles. The van der Waals surface area contributed by atoms with Gasteiger partial charge in [-0.15, -0.1) is 11.8 Å². The van der Waals surface area contributed by atoms with Crippen molar-refractivity contribution in [1.29, 1.82) is 0 Å². The summed E-state index contributed by atoms with van der Waals surface area (Å²) in [5.74, 6) is 1.11. The molecular weight excluding hydrogens is 362 g/mol. The second kappa shape index (κ2) is 9.09.